The van der Waals surface area contributed by atoms with Crippen molar-refractivity contribution >= 4 is 28.8 Å². The molecule has 3 saturated heterocycles. The predicted molar refractivity (Wildman–Crippen MR) is 76.7 cm³/mol. The van der Waals surface area contributed by atoms with Crippen LogP contribution in [0.5, 0.6) is 0 Å². The van der Waals surface area contributed by atoms with E-state index in [1.165, 1.54) is 43.8 Å². The van der Waals surface area contributed by atoms with E-state index in [4.69, 9.17) is 11.6 Å². The van der Waals surface area contributed by atoms with Gasteiger partial charge in [-0.15, -0.1) is 11.3 Å². The van der Waals surface area contributed by atoms with E-state index in [0.29, 0.717) is 22.2 Å². The average Bonchev–Trinajstić information content (AvgIpc) is 2.79. The number of thiophene rings is 1. The van der Waals surface area contributed by atoms with Crippen LogP contribution in [0.3, 0.4) is 0 Å². The Morgan fingerprint density at radius 2 is 2.00 bits per heavy atom. The minimum atomic E-state index is 0.0596. The van der Waals surface area contributed by atoms with Gasteiger partial charge in [-0.25, -0.2) is 0 Å². The lowest BCUT2D eigenvalue weighted by Gasteiger charge is -2.55. The molecule has 0 radical (unpaired) electrons. The molecule has 1 aromatic rings. The van der Waals surface area contributed by atoms with Crippen molar-refractivity contribution in [2.75, 3.05) is 19.6 Å². The molecule has 1 amide bonds. The lowest BCUT2D eigenvalue weighted by Crippen LogP contribution is -2.64. The number of nitrogens with zero attached hydrogens (tertiary/aromatic N) is 1. The summed E-state index contributed by atoms with van der Waals surface area (Å²) in [6.45, 7) is 3.63. The van der Waals surface area contributed by atoms with Gasteiger partial charge in [0.2, 0.25) is 0 Å². The molecule has 4 fully saturated rings. The van der Waals surface area contributed by atoms with Crippen LogP contribution < -0.4 is 5.32 Å². The van der Waals surface area contributed by atoms with Gasteiger partial charge in [0.25, 0.3) is 5.91 Å². The Morgan fingerprint density at radius 1 is 1.26 bits per heavy atom. The molecule has 0 aromatic carbocycles. The lowest BCUT2D eigenvalue weighted by molar-refractivity contribution is -0.0418. The van der Waals surface area contributed by atoms with Gasteiger partial charge in [0.05, 0.1) is 9.21 Å². The Kier molecular flexibility index (Phi) is 2.87. The van der Waals surface area contributed by atoms with E-state index >= 15 is 0 Å². The van der Waals surface area contributed by atoms with E-state index in [9.17, 15) is 4.79 Å². The minimum absolute atomic E-state index is 0.0596. The fourth-order valence-corrected chi connectivity index (χ4v) is 5.25. The van der Waals surface area contributed by atoms with Crippen molar-refractivity contribution in [3.8, 4) is 0 Å². The minimum Gasteiger partial charge on any atom is -0.348 e. The van der Waals surface area contributed by atoms with E-state index in [0.717, 1.165) is 10.8 Å². The first-order valence-corrected chi connectivity index (χ1v) is 8.17. The molecule has 0 spiro atoms. The second-order valence-corrected chi connectivity index (χ2v) is 7.89. The fraction of sp³-hybridized carbons (Fsp3) is 0.643. The molecule has 3 aliphatic heterocycles. The summed E-state index contributed by atoms with van der Waals surface area (Å²) in [4.78, 5) is 15.6. The molecule has 5 heteroatoms. The molecule has 2 unspecified atom stereocenters. The number of carbonyl (C=O) groups is 1. The fourth-order valence-electron chi connectivity index (χ4n) is 4.30. The zero-order valence-corrected chi connectivity index (χ0v) is 12.2. The molecular weight excluding hydrogens is 280 g/mol. The van der Waals surface area contributed by atoms with Gasteiger partial charge >= 0.3 is 0 Å². The normalized spacial score (nSPS) is 39.5. The SMILES string of the molecule is O=C(NC1C2CC3CC1CN(C3)C2)c1ccc(Cl)s1. The predicted octanol–water partition coefficient (Wildman–Crippen LogP) is 2.47. The number of carbonyl (C=O) groups excluding carboxylic acids is 1. The van der Waals surface area contributed by atoms with Crippen LogP contribution in [0.25, 0.3) is 0 Å². The van der Waals surface area contributed by atoms with Gasteiger partial charge in [0, 0.05) is 25.7 Å². The highest BCUT2D eigenvalue weighted by Crippen LogP contribution is 2.43. The largest absolute Gasteiger partial charge is 0.348 e. The first kappa shape index (κ1) is 12.2. The van der Waals surface area contributed by atoms with E-state index in [2.05, 4.69) is 10.2 Å². The van der Waals surface area contributed by atoms with Crippen LogP contribution in [0, 0.1) is 17.8 Å². The van der Waals surface area contributed by atoms with E-state index in [1.807, 2.05) is 6.07 Å². The van der Waals surface area contributed by atoms with E-state index in [1.54, 1.807) is 6.07 Å². The Hall–Kier alpha value is -0.580. The Labute approximate surface area is 121 Å². The van der Waals surface area contributed by atoms with Gasteiger partial charge in [0.15, 0.2) is 0 Å². The van der Waals surface area contributed by atoms with Crippen LogP contribution in [0.15, 0.2) is 12.1 Å². The Bertz CT molecular complexity index is 487. The molecule has 1 saturated carbocycles. The quantitative estimate of drug-likeness (QED) is 0.909. The summed E-state index contributed by atoms with van der Waals surface area (Å²) in [6, 6.07) is 3.99. The molecule has 1 aliphatic carbocycles. The summed E-state index contributed by atoms with van der Waals surface area (Å²) in [5.74, 6) is 2.25. The first-order valence-electron chi connectivity index (χ1n) is 6.97. The lowest BCUT2D eigenvalue weighted by atomic mass is 9.65. The average molecular weight is 297 g/mol. The zero-order chi connectivity index (χ0) is 13.0. The Morgan fingerprint density at radius 3 is 2.58 bits per heavy atom. The van der Waals surface area contributed by atoms with Crippen molar-refractivity contribution < 1.29 is 4.79 Å². The third kappa shape index (κ3) is 2.10. The van der Waals surface area contributed by atoms with Crippen LogP contribution >= 0.6 is 22.9 Å². The van der Waals surface area contributed by atoms with Crippen molar-refractivity contribution in [2.45, 2.75) is 18.9 Å². The summed E-state index contributed by atoms with van der Waals surface area (Å²) < 4.78 is 0.682. The third-order valence-corrected chi connectivity index (χ3v) is 6.11. The maximum absolute atomic E-state index is 12.3. The van der Waals surface area contributed by atoms with Crippen LogP contribution in [0.1, 0.15) is 22.5 Å². The van der Waals surface area contributed by atoms with Gasteiger partial charge in [-0.2, -0.15) is 0 Å². The topological polar surface area (TPSA) is 32.3 Å². The number of piperidine rings is 3. The number of hydrogen-bond donors (Lipinski definition) is 1. The van der Waals surface area contributed by atoms with E-state index < -0.39 is 0 Å². The van der Waals surface area contributed by atoms with Gasteiger partial charge in [-0.1, -0.05) is 11.6 Å². The van der Waals surface area contributed by atoms with Gasteiger partial charge < -0.3 is 10.2 Å². The van der Waals surface area contributed by atoms with Crippen molar-refractivity contribution in [1.82, 2.24) is 10.2 Å². The molecule has 1 aromatic heterocycles. The molecule has 2 atom stereocenters. The summed E-state index contributed by atoms with van der Waals surface area (Å²) in [5, 5.41) is 3.28. The smallest absolute Gasteiger partial charge is 0.261 e. The monoisotopic (exact) mass is 296 g/mol. The van der Waals surface area contributed by atoms with Gasteiger partial charge in [-0.3, -0.25) is 4.79 Å². The van der Waals surface area contributed by atoms with Crippen molar-refractivity contribution in [3.05, 3.63) is 21.3 Å². The molecule has 3 nitrogen and oxygen atoms in total. The van der Waals surface area contributed by atoms with Gasteiger partial charge in [-0.05, 0) is 42.7 Å². The third-order valence-electron chi connectivity index (χ3n) is 4.88. The molecule has 19 heavy (non-hydrogen) atoms. The van der Waals surface area contributed by atoms with Crippen LogP contribution in [0.4, 0.5) is 0 Å². The second kappa shape index (κ2) is 4.47. The van der Waals surface area contributed by atoms with Gasteiger partial charge in [0.1, 0.15) is 0 Å². The highest BCUT2D eigenvalue weighted by Gasteiger charge is 2.47. The van der Waals surface area contributed by atoms with Crippen LogP contribution in [0.2, 0.25) is 4.34 Å². The maximum atomic E-state index is 12.3. The molecular formula is C14H17ClN2OS. The first-order chi connectivity index (χ1) is 9.19. The number of amides is 1. The second-order valence-electron chi connectivity index (χ2n) is 6.18. The summed E-state index contributed by atoms with van der Waals surface area (Å²) in [6.07, 6.45) is 2.59. The summed E-state index contributed by atoms with van der Waals surface area (Å²) in [5.41, 5.74) is 0. The molecule has 4 aliphatic rings. The maximum Gasteiger partial charge on any atom is 0.261 e. The van der Waals surface area contributed by atoms with E-state index in [-0.39, 0.29) is 5.91 Å². The molecule has 102 valence electrons. The highest BCUT2D eigenvalue weighted by atomic mass is 35.5. The van der Waals surface area contributed by atoms with Crippen LogP contribution in [-0.2, 0) is 0 Å². The van der Waals surface area contributed by atoms with Crippen molar-refractivity contribution in [2.24, 2.45) is 17.8 Å². The number of halogens is 1. The molecule has 4 bridgehead atoms. The number of nitrogens with one attached hydrogen (secondary N) is 1. The summed E-state index contributed by atoms with van der Waals surface area (Å²) >= 11 is 7.26. The standard InChI is InChI=1S/C14H17ClN2OS/c15-12-2-1-11(19-12)14(18)16-13-9-3-8-4-10(13)7-17(5-8)6-9/h1-2,8-10,13H,3-7H2,(H,16,18). The van der Waals surface area contributed by atoms with Crippen molar-refractivity contribution in [1.29, 1.82) is 0 Å². The van der Waals surface area contributed by atoms with Crippen molar-refractivity contribution in [3.63, 3.8) is 0 Å². The molecule has 5 rings (SSSR count). The van der Waals surface area contributed by atoms with Crippen LogP contribution in [-0.4, -0.2) is 36.5 Å². The number of hydrogen-bond acceptors (Lipinski definition) is 3. The summed E-state index contributed by atoms with van der Waals surface area (Å²) in [7, 11) is 0. The zero-order valence-electron chi connectivity index (χ0n) is 10.6. The molecule has 4 heterocycles. The molecule has 1 N–H and O–H groups in total. The highest BCUT2D eigenvalue weighted by molar-refractivity contribution is 7.17. The Balaban J connectivity index is 1.49. The number of rotatable bonds is 2.